The van der Waals surface area contributed by atoms with Crippen molar-refractivity contribution in [1.29, 1.82) is 0 Å². The number of benzene rings is 1. The maximum absolute atomic E-state index is 9.00. The first kappa shape index (κ1) is 12.2. The first-order chi connectivity index (χ1) is 8.22. The number of rotatable bonds is 5. The molecule has 17 heavy (non-hydrogen) atoms. The fourth-order valence-electron chi connectivity index (χ4n) is 2.44. The molecule has 0 heterocycles. The predicted molar refractivity (Wildman–Crippen MR) is 72.3 cm³/mol. The summed E-state index contributed by atoms with van der Waals surface area (Å²) >= 11 is 0. The quantitative estimate of drug-likeness (QED) is 0.769. The van der Waals surface area contributed by atoms with E-state index in [1.165, 1.54) is 30.5 Å². The maximum atomic E-state index is 9.00. The molecule has 0 amide bonds. The van der Waals surface area contributed by atoms with Crippen LogP contribution < -0.4 is 10.6 Å². The van der Waals surface area contributed by atoms with E-state index in [1.54, 1.807) is 0 Å². The van der Waals surface area contributed by atoms with Crippen molar-refractivity contribution < 1.29 is 5.11 Å². The van der Waals surface area contributed by atoms with Crippen LogP contribution in [0.2, 0.25) is 0 Å². The second-order valence-corrected chi connectivity index (χ2v) is 4.90. The monoisotopic (exact) mass is 234 g/mol. The third-order valence-electron chi connectivity index (χ3n) is 3.60. The molecule has 1 aliphatic carbocycles. The molecule has 3 nitrogen and oxygen atoms in total. The summed E-state index contributed by atoms with van der Waals surface area (Å²) in [6.07, 6.45) is 4.71. The van der Waals surface area contributed by atoms with Crippen LogP contribution in [0, 0.1) is 6.92 Å². The molecule has 0 unspecified atom stereocenters. The zero-order valence-corrected chi connectivity index (χ0v) is 10.5. The van der Waals surface area contributed by atoms with Gasteiger partial charge in [0.15, 0.2) is 0 Å². The van der Waals surface area contributed by atoms with E-state index in [2.05, 4.69) is 17.9 Å². The number of aryl methyl sites for hydroxylation is 1. The fourth-order valence-corrected chi connectivity index (χ4v) is 2.44. The van der Waals surface area contributed by atoms with Gasteiger partial charge in [-0.3, -0.25) is 0 Å². The Balaban J connectivity index is 2.17. The van der Waals surface area contributed by atoms with E-state index in [0.29, 0.717) is 6.04 Å². The smallest absolute Gasteiger partial charge is 0.0447 e. The Morgan fingerprint density at radius 3 is 2.71 bits per heavy atom. The van der Waals surface area contributed by atoms with Gasteiger partial charge in [-0.1, -0.05) is 0 Å². The van der Waals surface area contributed by atoms with Crippen LogP contribution in [0.25, 0.3) is 0 Å². The van der Waals surface area contributed by atoms with Gasteiger partial charge in [-0.2, -0.15) is 0 Å². The van der Waals surface area contributed by atoms with E-state index in [1.807, 2.05) is 12.1 Å². The zero-order chi connectivity index (χ0) is 12.3. The molecule has 1 saturated carbocycles. The molecule has 0 aromatic heterocycles. The number of hydrogen-bond acceptors (Lipinski definition) is 3. The fraction of sp³-hybridized carbons (Fsp3) is 0.571. The van der Waals surface area contributed by atoms with Crippen molar-refractivity contribution in [2.45, 2.75) is 38.6 Å². The Bertz CT molecular complexity index is 374. The standard InChI is InChI=1S/C14H22N2O/c1-11-10-12(15)6-7-14(11)16(8-3-9-17)13-4-2-5-13/h6-7,10,13,17H,2-5,8-9,15H2,1H3. The summed E-state index contributed by atoms with van der Waals surface area (Å²) < 4.78 is 0. The zero-order valence-electron chi connectivity index (χ0n) is 10.5. The van der Waals surface area contributed by atoms with Gasteiger partial charge in [-0.25, -0.2) is 0 Å². The first-order valence-corrected chi connectivity index (χ1v) is 6.46. The molecule has 3 heteroatoms. The lowest BCUT2D eigenvalue weighted by atomic mass is 9.90. The predicted octanol–water partition coefficient (Wildman–Crippen LogP) is 2.32. The van der Waals surface area contributed by atoms with Crippen molar-refractivity contribution in [2.75, 3.05) is 23.8 Å². The van der Waals surface area contributed by atoms with Crippen LogP contribution >= 0.6 is 0 Å². The lowest BCUT2D eigenvalue weighted by Crippen LogP contribution is -2.41. The molecule has 1 aliphatic rings. The highest BCUT2D eigenvalue weighted by Gasteiger charge is 2.25. The van der Waals surface area contributed by atoms with Crippen molar-refractivity contribution in [1.82, 2.24) is 0 Å². The van der Waals surface area contributed by atoms with Gasteiger partial charge in [0.25, 0.3) is 0 Å². The number of aliphatic hydroxyl groups excluding tert-OH is 1. The molecular formula is C14H22N2O. The van der Waals surface area contributed by atoms with Crippen LogP contribution in [0.3, 0.4) is 0 Å². The molecule has 1 fully saturated rings. The van der Waals surface area contributed by atoms with Gasteiger partial charge >= 0.3 is 0 Å². The van der Waals surface area contributed by atoms with Crippen LogP contribution in [-0.2, 0) is 0 Å². The van der Waals surface area contributed by atoms with Crippen LogP contribution in [0.4, 0.5) is 11.4 Å². The van der Waals surface area contributed by atoms with E-state index in [9.17, 15) is 0 Å². The lowest BCUT2D eigenvalue weighted by Gasteiger charge is -2.40. The van der Waals surface area contributed by atoms with Crippen LogP contribution in [-0.4, -0.2) is 24.3 Å². The third kappa shape index (κ3) is 2.72. The number of anilines is 2. The first-order valence-electron chi connectivity index (χ1n) is 6.46. The van der Waals surface area contributed by atoms with Gasteiger partial charge < -0.3 is 15.7 Å². The Hall–Kier alpha value is -1.22. The van der Waals surface area contributed by atoms with Crippen LogP contribution in [0.5, 0.6) is 0 Å². The molecule has 0 saturated heterocycles. The number of aliphatic hydroxyl groups is 1. The summed E-state index contributed by atoms with van der Waals surface area (Å²) in [5.74, 6) is 0. The van der Waals surface area contributed by atoms with Gasteiger partial charge in [0.05, 0.1) is 0 Å². The molecule has 0 aliphatic heterocycles. The number of hydrogen-bond donors (Lipinski definition) is 2. The topological polar surface area (TPSA) is 49.5 Å². The SMILES string of the molecule is Cc1cc(N)ccc1N(CCCO)C1CCC1. The van der Waals surface area contributed by atoms with Gasteiger partial charge in [0, 0.05) is 30.6 Å². The van der Waals surface area contributed by atoms with Crippen molar-refractivity contribution in [3.63, 3.8) is 0 Å². The molecular weight excluding hydrogens is 212 g/mol. The number of nitrogens with zero attached hydrogens (tertiary/aromatic N) is 1. The summed E-state index contributed by atoms with van der Waals surface area (Å²) in [5.41, 5.74) is 9.12. The summed E-state index contributed by atoms with van der Waals surface area (Å²) in [5, 5.41) is 9.00. The molecule has 0 bridgehead atoms. The molecule has 0 spiro atoms. The molecule has 0 radical (unpaired) electrons. The van der Waals surface area contributed by atoms with Crippen molar-refractivity contribution >= 4 is 11.4 Å². The van der Waals surface area contributed by atoms with Crippen LogP contribution in [0.15, 0.2) is 18.2 Å². The summed E-state index contributed by atoms with van der Waals surface area (Å²) in [6, 6.07) is 6.76. The Morgan fingerprint density at radius 2 is 2.18 bits per heavy atom. The highest BCUT2D eigenvalue weighted by molar-refractivity contribution is 5.59. The van der Waals surface area contributed by atoms with Crippen molar-refractivity contribution in [3.05, 3.63) is 23.8 Å². The Morgan fingerprint density at radius 1 is 1.41 bits per heavy atom. The molecule has 1 aromatic carbocycles. The second kappa shape index (κ2) is 5.41. The van der Waals surface area contributed by atoms with Crippen molar-refractivity contribution in [2.24, 2.45) is 0 Å². The van der Waals surface area contributed by atoms with E-state index < -0.39 is 0 Å². The minimum atomic E-state index is 0.261. The maximum Gasteiger partial charge on any atom is 0.0447 e. The highest BCUT2D eigenvalue weighted by Crippen LogP contribution is 2.32. The average Bonchev–Trinajstić information content (AvgIpc) is 2.22. The van der Waals surface area contributed by atoms with Crippen LogP contribution in [0.1, 0.15) is 31.2 Å². The normalized spacial score (nSPS) is 15.6. The Kier molecular flexibility index (Phi) is 3.89. The molecule has 0 atom stereocenters. The minimum Gasteiger partial charge on any atom is -0.399 e. The lowest BCUT2D eigenvalue weighted by molar-refractivity contribution is 0.283. The summed E-state index contributed by atoms with van der Waals surface area (Å²) in [7, 11) is 0. The van der Waals surface area contributed by atoms with Gasteiger partial charge in [-0.15, -0.1) is 0 Å². The Labute approximate surface area is 103 Å². The van der Waals surface area contributed by atoms with E-state index in [4.69, 9.17) is 10.8 Å². The largest absolute Gasteiger partial charge is 0.399 e. The molecule has 2 rings (SSSR count). The van der Waals surface area contributed by atoms with Crippen molar-refractivity contribution in [3.8, 4) is 0 Å². The average molecular weight is 234 g/mol. The molecule has 1 aromatic rings. The van der Waals surface area contributed by atoms with Gasteiger partial charge in [0.2, 0.25) is 0 Å². The third-order valence-corrected chi connectivity index (χ3v) is 3.60. The second-order valence-electron chi connectivity index (χ2n) is 4.90. The van der Waals surface area contributed by atoms with E-state index in [0.717, 1.165) is 18.7 Å². The minimum absolute atomic E-state index is 0.261. The molecule has 94 valence electrons. The number of nitrogen functional groups attached to an aromatic ring is 1. The molecule has 3 N–H and O–H groups in total. The number of nitrogens with two attached hydrogens (primary N) is 1. The van der Waals surface area contributed by atoms with Gasteiger partial charge in [-0.05, 0) is 56.4 Å². The summed E-state index contributed by atoms with van der Waals surface area (Å²) in [4.78, 5) is 2.44. The summed E-state index contributed by atoms with van der Waals surface area (Å²) in [6.45, 7) is 3.31. The van der Waals surface area contributed by atoms with Gasteiger partial charge in [0.1, 0.15) is 0 Å². The van der Waals surface area contributed by atoms with E-state index in [-0.39, 0.29) is 6.61 Å². The van der Waals surface area contributed by atoms with E-state index >= 15 is 0 Å². The highest BCUT2D eigenvalue weighted by atomic mass is 16.3.